The van der Waals surface area contributed by atoms with Crippen molar-refractivity contribution in [3.05, 3.63) is 5.92 Å². The Morgan fingerprint density at radius 3 is 1.33 bits per heavy atom. The lowest BCUT2D eigenvalue weighted by Gasteiger charge is -2.23. The van der Waals surface area contributed by atoms with Crippen molar-refractivity contribution in [1.29, 1.82) is 0 Å². The summed E-state index contributed by atoms with van der Waals surface area (Å²) in [6, 6.07) is 0. The zero-order valence-corrected chi connectivity index (χ0v) is 18.9. The van der Waals surface area contributed by atoms with Crippen molar-refractivity contribution in [2.75, 3.05) is 0 Å². The monoisotopic (exact) mass is 381 g/mol. The van der Waals surface area contributed by atoms with Crippen LogP contribution < -0.4 is 0 Å². The van der Waals surface area contributed by atoms with E-state index in [2.05, 4.69) is 20.8 Å². The molecule has 0 aliphatic rings. The molecular weight excluding hydrogens is 332 g/mol. The fraction of sp³-hybridized carbons (Fsp3) is 0.920. The molecule has 0 saturated heterocycles. The average molecular weight is 382 g/mol. The Labute approximate surface area is 170 Å². The van der Waals surface area contributed by atoms with Gasteiger partial charge in [0.05, 0.1) is 5.92 Å². The molecule has 0 saturated carbocycles. The molecule has 27 heavy (non-hydrogen) atoms. The zero-order chi connectivity index (χ0) is 20.2. The number of hydrogen-bond donors (Lipinski definition) is 1. The highest BCUT2D eigenvalue weighted by Gasteiger charge is 2.27. The predicted molar refractivity (Wildman–Crippen MR) is 119 cm³/mol. The van der Waals surface area contributed by atoms with Gasteiger partial charge in [-0.05, 0) is 25.2 Å². The van der Waals surface area contributed by atoms with E-state index < -0.39 is 5.97 Å². The van der Waals surface area contributed by atoms with E-state index in [0.29, 0.717) is 0 Å². The topological polar surface area (TPSA) is 37.3 Å². The summed E-state index contributed by atoms with van der Waals surface area (Å²) in [5.74, 6) is 0.542. The molecule has 0 aromatic carbocycles. The van der Waals surface area contributed by atoms with Crippen LogP contribution in [0.1, 0.15) is 143 Å². The highest BCUT2D eigenvalue weighted by atomic mass is 16.4. The fourth-order valence-electron chi connectivity index (χ4n) is 3.97. The Morgan fingerprint density at radius 2 is 0.963 bits per heavy atom. The lowest BCUT2D eigenvalue weighted by molar-refractivity contribution is -0.141. The van der Waals surface area contributed by atoms with Crippen LogP contribution in [0.5, 0.6) is 0 Å². The molecule has 0 amide bonds. The maximum atomic E-state index is 11.8. The van der Waals surface area contributed by atoms with Crippen LogP contribution in [0.25, 0.3) is 0 Å². The van der Waals surface area contributed by atoms with Crippen molar-refractivity contribution >= 4 is 5.97 Å². The molecule has 0 aromatic rings. The molecule has 0 aliphatic carbocycles. The third kappa shape index (κ3) is 16.2. The number of carboxylic acid groups (broad SMARTS) is 1. The summed E-state index contributed by atoms with van der Waals surface area (Å²) in [5, 5.41) is 9.70. The maximum absolute atomic E-state index is 11.8. The summed E-state index contributed by atoms with van der Waals surface area (Å²) in [6.45, 7) is 6.66. The lowest BCUT2D eigenvalue weighted by Crippen LogP contribution is -2.22. The standard InChI is InChI=1S/C25H49O2/c1-4-7-10-11-12-13-14-15-16-17-18-19-22-24(25(26)27)23(20-8-5-2)21-9-6-3/h24H,4-22H2,1-3H3,(H,26,27). The first-order valence-electron chi connectivity index (χ1n) is 12.2. The highest BCUT2D eigenvalue weighted by molar-refractivity contribution is 5.72. The van der Waals surface area contributed by atoms with E-state index in [1.807, 2.05) is 0 Å². The molecule has 2 nitrogen and oxygen atoms in total. The van der Waals surface area contributed by atoms with E-state index in [0.717, 1.165) is 51.4 Å². The minimum Gasteiger partial charge on any atom is -0.481 e. The average Bonchev–Trinajstić information content (AvgIpc) is 2.66. The first-order valence-corrected chi connectivity index (χ1v) is 12.2. The molecule has 1 unspecified atom stereocenters. The third-order valence-electron chi connectivity index (χ3n) is 5.84. The second-order valence-corrected chi connectivity index (χ2v) is 8.43. The molecule has 0 aliphatic heterocycles. The summed E-state index contributed by atoms with van der Waals surface area (Å²) < 4.78 is 0. The van der Waals surface area contributed by atoms with Crippen LogP contribution in [-0.2, 0) is 4.79 Å². The minimum atomic E-state index is -0.583. The molecule has 0 aromatic heterocycles. The Hall–Kier alpha value is -0.530. The predicted octanol–water partition coefficient (Wildman–Crippen LogP) is 8.73. The SMILES string of the molecule is CCCCCCCCCCCCCCC([C](CCCC)CCCC)C(=O)O. The summed E-state index contributed by atoms with van der Waals surface area (Å²) >= 11 is 0. The summed E-state index contributed by atoms with van der Waals surface area (Å²) in [7, 11) is 0. The molecule has 0 heterocycles. The Balaban J connectivity index is 3.83. The Morgan fingerprint density at radius 1 is 0.593 bits per heavy atom. The fourth-order valence-corrected chi connectivity index (χ4v) is 3.97. The second kappa shape index (κ2) is 20.2. The van der Waals surface area contributed by atoms with Gasteiger partial charge in [0.1, 0.15) is 0 Å². The van der Waals surface area contributed by atoms with E-state index in [1.54, 1.807) is 0 Å². The second-order valence-electron chi connectivity index (χ2n) is 8.43. The highest BCUT2D eigenvalue weighted by Crippen LogP contribution is 2.31. The van der Waals surface area contributed by atoms with Gasteiger partial charge in [0.2, 0.25) is 0 Å². The quantitative estimate of drug-likeness (QED) is 0.202. The molecule has 161 valence electrons. The summed E-state index contributed by atoms with van der Waals surface area (Å²) in [4.78, 5) is 11.8. The minimum absolute atomic E-state index is 0.189. The number of aliphatic carboxylic acids is 1. The van der Waals surface area contributed by atoms with Gasteiger partial charge in [0.25, 0.3) is 0 Å². The lowest BCUT2D eigenvalue weighted by atomic mass is 9.81. The van der Waals surface area contributed by atoms with E-state index in [4.69, 9.17) is 0 Å². The van der Waals surface area contributed by atoms with Crippen LogP contribution in [0.15, 0.2) is 0 Å². The van der Waals surface area contributed by atoms with Gasteiger partial charge in [-0.25, -0.2) is 0 Å². The summed E-state index contributed by atoms with van der Waals surface area (Å²) in [6.07, 6.45) is 23.5. The molecule has 0 spiro atoms. The molecular formula is C25H49O2. The Kier molecular flexibility index (Phi) is 19.8. The van der Waals surface area contributed by atoms with Crippen LogP contribution in [-0.4, -0.2) is 11.1 Å². The van der Waals surface area contributed by atoms with Gasteiger partial charge in [-0.2, -0.15) is 0 Å². The van der Waals surface area contributed by atoms with Crippen molar-refractivity contribution in [2.24, 2.45) is 5.92 Å². The van der Waals surface area contributed by atoms with E-state index in [1.165, 1.54) is 76.5 Å². The smallest absolute Gasteiger partial charge is 0.307 e. The van der Waals surface area contributed by atoms with Crippen LogP contribution >= 0.6 is 0 Å². The van der Waals surface area contributed by atoms with Crippen molar-refractivity contribution in [3.8, 4) is 0 Å². The van der Waals surface area contributed by atoms with E-state index in [9.17, 15) is 9.90 Å². The molecule has 0 fully saturated rings. The third-order valence-corrected chi connectivity index (χ3v) is 5.84. The van der Waals surface area contributed by atoms with Gasteiger partial charge in [-0.3, -0.25) is 4.79 Å². The van der Waals surface area contributed by atoms with Crippen molar-refractivity contribution < 1.29 is 9.90 Å². The molecule has 2 heteroatoms. The molecule has 1 atom stereocenters. The normalized spacial score (nSPS) is 12.6. The zero-order valence-electron chi connectivity index (χ0n) is 18.9. The number of hydrogen-bond acceptors (Lipinski definition) is 1. The van der Waals surface area contributed by atoms with Gasteiger partial charge < -0.3 is 5.11 Å². The Bertz CT molecular complexity index is 305. The van der Waals surface area contributed by atoms with Crippen molar-refractivity contribution in [1.82, 2.24) is 0 Å². The van der Waals surface area contributed by atoms with Crippen molar-refractivity contribution in [3.63, 3.8) is 0 Å². The van der Waals surface area contributed by atoms with Gasteiger partial charge in [-0.1, -0.05) is 124 Å². The van der Waals surface area contributed by atoms with Gasteiger partial charge >= 0.3 is 5.97 Å². The first-order chi connectivity index (χ1) is 13.2. The van der Waals surface area contributed by atoms with Gasteiger partial charge in [0, 0.05) is 0 Å². The number of rotatable bonds is 21. The molecule has 0 bridgehead atoms. The molecule has 1 radical (unpaired) electrons. The molecule has 0 rings (SSSR count). The van der Waals surface area contributed by atoms with Gasteiger partial charge in [0.15, 0.2) is 0 Å². The van der Waals surface area contributed by atoms with Crippen LogP contribution in [0, 0.1) is 11.8 Å². The largest absolute Gasteiger partial charge is 0.481 e. The van der Waals surface area contributed by atoms with Crippen LogP contribution in [0.4, 0.5) is 0 Å². The number of carbonyl (C=O) groups is 1. The number of unbranched alkanes of at least 4 members (excludes halogenated alkanes) is 13. The van der Waals surface area contributed by atoms with E-state index in [-0.39, 0.29) is 5.92 Å². The summed E-state index contributed by atoms with van der Waals surface area (Å²) in [5.41, 5.74) is 0. The maximum Gasteiger partial charge on any atom is 0.307 e. The van der Waals surface area contributed by atoms with Gasteiger partial charge in [-0.15, -0.1) is 0 Å². The molecule has 1 N–H and O–H groups in total. The number of carboxylic acids is 1. The van der Waals surface area contributed by atoms with Crippen LogP contribution in [0.2, 0.25) is 0 Å². The van der Waals surface area contributed by atoms with Crippen LogP contribution in [0.3, 0.4) is 0 Å². The van der Waals surface area contributed by atoms with E-state index >= 15 is 0 Å². The first kappa shape index (κ1) is 26.5. The van der Waals surface area contributed by atoms with Crippen molar-refractivity contribution in [2.45, 2.75) is 143 Å².